The molecule has 1 aliphatic carbocycles. The summed E-state index contributed by atoms with van der Waals surface area (Å²) in [7, 11) is 0. The van der Waals surface area contributed by atoms with Gasteiger partial charge in [0.2, 0.25) is 5.91 Å². The summed E-state index contributed by atoms with van der Waals surface area (Å²) >= 11 is 0. The van der Waals surface area contributed by atoms with Gasteiger partial charge >= 0.3 is 0 Å². The van der Waals surface area contributed by atoms with Crippen LogP contribution in [0.15, 0.2) is 0 Å². The monoisotopic (exact) mass is 194 g/mol. The molecular formula is C11H18N2O. The van der Waals surface area contributed by atoms with Gasteiger partial charge in [-0.25, -0.2) is 0 Å². The van der Waals surface area contributed by atoms with E-state index in [1.54, 1.807) is 0 Å². The average molecular weight is 194 g/mol. The van der Waals surface area contributed by atoms with E-state index in [2.05, 4.69) is 19.2 Å². The van der Waals surface area contributed by atoms with E-state index in [0.717, 1.165) is 19.3 Å². The highest BCUT2D eigenvalue weighted by Crippen LogP contribution is 2.42. The van der Waals surface area contributed by atoms with E-state index in [1.165, 1.54) is 0 Å². The van der Waals surface area contributed by atoms with Crippen LogP contribution < -0.4 is 5.32 Å². The number of nitrogens with one attached hydrogen (secondary N) is 1. The Morgan fingerprint density at radius 3 is 2.86 bits per heavy atom. The van der Waals surface area contributed by atoms with Crippen LogP contribution in [0.1, 0.15) is 39.5 Å². The molecule has 1 unspecified atom stereocenters. The van der Waals surface area contributed by atoms with Crippen LogP contribution in [0.5, 0.6) is 0 Å². The number of nitrogens with zero attached hydrogens (tertiary/aromatic N) is 1. The minimum absolute atomic E-state index is 0.128. The molecule has 1 amide bonds. The van der Waals surface area contributed by atoms with E-state index in [-0.39, 0.29) is 17.2 Å². The summed E-state index contributed by atoms with van der Waals surface area (Å²) in [6, 6.07) is 2.02. The van der Waals surface area contributed by atoms with Crippen molar-refractivity contribution in [2.75, 3.05) is 6.54 Å². The molecule has 1 atom stereocenters. The number of amides is 1. The molecule has 0 aliphatic heterocycles. The van der Waals surface area contributed by atoms with Crippen LogP contribution in [0.4, 0.5) is 0 Å². The van der Waals surface area contributed by atoms with Gasteiger partial charge in [0, 0.05) is 12.5 Å². The zero-order chi connectivity index (χ0) is 10.6. The first-order chi connectivity index (χ1) is 6.58. The highest BCUT2D eigenvalue weighted by molar-refractivity contribution is 5.79. The molecule has 1 fully saturated rings. The fourth-order valence-electron chi connectivity index (χ4n) is 2.18. The van der Waals surface area contributed by atoms with E-state index >= 15 is 0 Å². The van der Waals surface area contributed by atoms with Crippen LogP contribution in [0.2, 0.25) is 0 Å². The average Bonchev–Trinajstić information content (AvgIpc) is 2.45. The maximum atomic E-state index is 11.7. The van der Waals surface area contributed by atoms with Gasteiger partial charge in [-0.2, -0.15) is 5.26 Å². The SMILES string of the molecule is CC1(C)CCCC1C(=O)NCCC#N. The van der Waals surface area contributed by atoms with Crippen molar-refractivity contribution in [1.82, 2.24) is 5.32 Å². The first-order valence-electron chi connectivity index (χ1n) is 5.22. The van der Waals surface area contributed by atoms with Crippen molar-refractivity contribution >= 4 is 5.91 Å². The molecule has 0 aromatic heterocycles. The molecule has 1 saturated carbocycles. The Balaban J connectivity index is 2.41. The lowest BCUT2D eigenvalue weighted by Crippen LogP contribution is -2.36. The standard InChI is InChI=1S/C11H18N2O/c1-11(2)6-3-5-9(11)10(14)13-8-4-7-12/h9H,3-6,8H2,1-2H3,(H,13,14). The van der Waals surface area contributed by atoms with Gasteiger partial charge in [0.05, 0.1) is 12.5 Å². The zero-order valence-corrected chi connectivity index (χ0v) is 8.97. The van der Waals surface area contributed by atoms with E-state index in [4.69, 9.17) is 5.26 Å². The van der Waals surface area contributed by atoms with Gasteiger partial charge in [-0.1, -0.05) is 20.3 Å². The summed E-state index contributed by atoms with van der Waals surface area (Å²) in [6.07, 6.45) is 3.66. The number of hydrogen-bond donors (Lipinski definition) is 1. The van der Waals surface area contributed by atoms with Gasteiger partial charge in [0.1, 0.15) is 0 Å². The smallest absolute Gasteiger partial charge is 0.223 e. The third-order valence-corrected chi connectivity index (χ3v) is 3.11. The van der Waals surface area contributed by atoms with Crippen molar-refractivity contribution in [3.63, 3.8) is 0 Å². The molecule has 3 heteroatoms. The highest BCUT2D eigenvalue weighted by atomic mass is 16.1. The third kappa shape index (κ3) is 2.47. The van der Waals surface area contributed by atoms with Gasteiger partial charge in [-0.3, -0.25) is 4.79 Å². The van der Waals surface area contributed by atoms with Crippen LogP contribution in [0.3, 0.4) is 0 Å². The summed E-state index contributed by atoms with van der Waals surface area (Å²) < 4.78 is 0. The number of nitriles is 1. The molecule has 78 valence electrons. The van der Waals surface area contributed by atoms with E-state index in [0.29, 0.717) is 13.0 Å². The molecule has 0 saturated heterocycles. The molecular weight excluding hydrogens is 176 g/mol. The minimum atomic E-state index is 0.128. The normalized spacial score (nSPS) is 24.2. The van der Waals surface area contributed by atoms with Gasteiger partial charge in [0.25, 0.3) is 0 Å². The Labute approximate surface area is 85.5 Å². The van der Waals surface area contributed by atoms with Crippen LogP contribution in [0.25, 0.3) is 0 Å². The maximum absolute atomic E-state index is 11.7. The van der Waals surface area contributed by atoms with E-state index < -0.39 is 0 Å². The van der Waals surface area contributed by atoms with Crippen LogP contribution in [-0.4, -0.2) is 12.5 Å². The van der Waals surface area contributed by atoms with Crippen LogP contribution in [0, 0.1) is 22.7 Å². The molecule has 0 spiro atoms. The summed E-state index contributed by atoms with van der Waals surface area (Å²) in [5.41, 5.74) is 0.136. The van der Waals surface area contributed by atoms with Gasteiger partial charge < -0.3 is 5.32 Å². The van der Waals surface area contributed by atoms with Crippen molar-refractivity contribution in [1.29, 1.82) is 5.26 Å². The molecule has 1 N–H and O–H groups in total. The minimum Gasteiger partial charge on any atom is -0.355 e. The van der Waals surface area contributed by atoms with E-state index in [1.807, 2.05) is 6.07 Å². The van der Waals surface area contributed by atoms with E-state index in [9.17, 15) is 4.79 Å². The summed E-state index contributed by atoms with van der Waals surface area (Å²) in [6.45, 7) is 4.78. The zero-order valence-electron chi connectivity index (χ0n) is 8.97. The maximum Gasteiger partial charge on any atom is 0.223 e. The topological polar surface area (TPSA) is 52.9 Å². The molecule has 3 nitrogen and oxygen atoms in total. The summed E-state index contributed by atoms with van der Waals surface area (Å²) in [5.74, 6) is 0.268. The largest absolute Gasteiger partial charge is 0.355 e. The second kappa shape index (κ2) is 4.45. The predicted octanol–water partition coefficient (Wildman–Crippen LogP) is 1.84. The summed E-state index contributed by atoms with van der Waals surface area (Å²) in [5, 5.41) is 11.2. The first-order valence-corrected chi connectivity index (χ1v) is 5.22. The summed E-state index contributed by atoms with van der Waals surface area (Å²) in [4.78, 5) is 11.7. The Bertz CT molecular complexity index is 253. The van der Waals surface area contributed by atoms with Crippen molar-refractivity contribution in [2.24, 2.45) is 11.3 Å². The van der Waals surface area contributed by atoms with Crippen LogP contribution in [-0.2, 0) is 4.79 Å². The number of carbonyl (C=O) groups excluding carboxylic acids is 1. The lowest BCUT2D eigenvalue weighted by atomic mass is 9.81. The quantitative estimate of drug-likeness (QED) is 0.697. The molecule has 0 aromatic rings. The molecule has 0 bridgehead atoms. The molecule has 0 radical (unpaired) electrons. The van der Waals surface area contributed by atoms with Crippen molar-refractivity contribution in [3.8, 4) is 6.07 Å². The highest BCUT2D eigenvalue weighted by Gasteiger charge is 2.38. The molecule has 0 aromatic carbocycles. The van der Waals surface area contributed by atoms with Gasteiger partial charge in [-0.05, 0) is 18.3 Å². The molecule has 0 heterocycles. The Morgan fingerprint density at radius 2 is 2.36 bits per heavy atom. The van der Waals surface area contributed by atoms with Crippen molar-refractivity contribution < 1.29 is 4.79 Å². The number of carbonyl (C=O) groups is 1. The second-order valence-electron chi connectivity index (χ2n) is 4.63. The number of hydrogen-bond acceptors (Lipinski definition) is 2. The second-order valence-corrected chi connectivity index (χ2v) is 4.63. The van der Waals surface area contributed by atoms with Crippen molar-refractivity contribution in [3.05, 3.63) is 0 Å². The van der Waals surface area contributed by atoms with Crippen molar-refractivity contribution in [2.45, 2.75) is 39.5 Å². The lowest BCUT2D eigenvalue weighted by Gasteiger charge is -2.25. The first kappa shape index (κ1) is 11.0. The van der Waals surface area contributed by atoms with Gasteiger partial charge in [0.15, 0.2) is 0 Å². The Hall–Kier alpha value is -1.04. The Morgan fingerprint density at radius 1 is 1.64 bits per heavy atom. The number of rotatable bonds is 3. The van der Waals surface area contributed by atoms with Gasteiger partial charge in [-0.15, -0.1) is 0 Å². The fraction of sp³-hybridized carbons (Fsp3) is 0.818. The van der Waals surface area contributed by atoms with Crippen LogP contribution >= 0.6 is 0 Å². The Kier molecular flexibility index (Phi) is 3.51. The molecule has 14 heavy (non-hydrogen) atoms. The third-order valence-electron chi connectivity index (χ3n) is 3.11. The lowest BCUT2D eigenvalue weighted by molar-refractivity contribution is -0.127. The predicted molar refractivity (Wildman–Crippen MR) is 54.4 cm³/mol. The fourth-order valence-corrected chi connectivity index (χ4v) is 2.18. The molecule has 1 rings (SSSR count). The molecule has 1 aliphatic rings.